The number of nitrogens with one attached hydrogen (secondary N) is 1. The molecule has 0 fully saturated rings. The number of hydrogen-bond acceptors (Lipinski definition) is 6. The number of benzene rings is 1. The molecule has 0 bridgehead atoms. The summed E-state index contributed by atoms with van der Waals surface area (Å²) in [7, 11) is -2.42. The standard InChI is InChI=1S/C20H24N6O3S/c1-20(2,3)16-13-17(26(24-16)19-21-11-8-12-22-19)23-18(27)14-25(4)30(28,29)15-9-6-5-7-10-15/h5-13H,14H2,1-4H3,(H,23,27). The number of carbonyl (C=O) groups is 1. The lowest BCUT2D eigenvalue weighted by Crippen LogP contribution is -2.35. The van der Waals surface area contributed by atoms with E-state index in [9.17, 15) is 13.2 Å². The monoisotopic (exact) mass is 428 g/mol. The van der Waals surface area contributed by atoms with Gasteiger partial charge in [-0.1, -0.05) is 39.0 Å². The Balaban J connectivity index is 1.83. The van der Waals surface area contributed by atoms with Crippen LogP contribution >= 0.6 is 0 Å². The Bertz CT molecular complexity index is 1120. The van der Waals surface area contributed by atoms with E-state index in [1.165, 1.54) is 23.9 Å². The highest BCUT2D eigenvalue weighted by Gasteiger charge is 2.25. The van der Waals surface area contributed by atoms with Gasteiger partial charge in [-0.3, -0.25) is 4.79 Å². The summed E-state index contributed by atoms with van der Waals surface area (Å²) in [5.41, 5.74) is 0.461. The Kier molecular flexibility index (Phi) is 5.99. The van der Waals surface area contributed by atoms with Crippen LogP contribution in [-0.4, -0.2) is 52.0 Å². The second-order valence-corrected chi connectivity index (χ2v) is 9.79. The minimum absolute atomic E-state index is 0.123. The molecule has 1 N–H and O–H groups in total. The molecular formula is C20H24N6O3S. The zero-order valence-corrected chi connectivity index (χ0v) is 18.1. The van der Waals surface area contributed by atoms with E-state index in [2.05, 4.69) is 20.4 Å². The van der Waals surface area contributed by atoms with E-state index < -0.39 is 15.9 Å². The summed E-state index contributed by atoms with van der Waals surface area (Å²) in [6, 6.07) is 11.4. The summed E-state index contributed by atoms with van der Waals surface area (Å²) in [6.45, 7) is 5.63. The van der Waals surface area contributed by atoms with Gasteiger partial charge in [0.05, 0.1) is 17.1 Å². The summed E-state index contributed by atoms with van der Waals surface area (Å²) in [5, 5.41) is 7.26. The number of rotatable bonds is 6. The van der Waals surface area contributed by atoms with Crippen molar-refractivity contribution in [1.82, 2.24) is 24.1 Å². The number of aromatic nitrogens is 4. The van der Waals surface area contributed by atoms with Gasteiger partial charge in [-0.15, -0.1) is 0 Å². The number of anilines is 1. The number of nitrogens with zero attached hydrogens (tertiary/aromatic N) is 5. The molecule has 3 aromatic rings. The lowest BCUT2D eigenvalue weighted by molar-refractivity contribution is -0.116. The van der Waals surface area contributed by atoms with Crippen molar-refractivity contribution in [1.29, 1.82) is 0 Å². The van der Waals surface area contributed by atoms with Gasteiger partial charge in [0.2, 0.25) is 15.9 Å². The molecule has 2 aromatic heterocycles. The molecule has 0 radical (unpaired) electrons. The average Bonchev–Trinajstić information content (AvgIpc) is 3.13. The molecule has 0 atom stereocenters. The van der Waals surface area contributed by atoms with E-state index in [0.717, 1.165) is 10.00 Å². The molecule has 0 spiro atoms. The Morgan fingerprint density at radius 1 is 1.10 bits per heavy atom. The van der Waals surface area contributed by atoms with E-state index in [1.54, 1.807) is 42.7 Å². The SMILES string of the molecule is CN(CC(=O)Nc1cc(C(C)(C)C)nn1-c1ncccn1)S(=O)(=O)c1ccccc1. The van der Waals surface area contributed by atoms with Crippen molar-refractivity contribution < 1.29 is 13.2 Å². The molecule has 0 aliphatic carbocycles. The summed E-state index contributed by atoms with van der Waals surface area (Å²) < 4.78 is 27.7. The second-order valence-electron chi connectivity index (χ2n) is 7.75. The van der Waals surface area contributed by atoms with E-state index in [0.29, 0.717) is 11.8 Å². The van der Waals surface area contributed by atoms with Crippen LogP contribution in [0.3, 0.4) is 0 Å². The smallest absolute Gasteiger partial charge is 0.252 e. The molecule has 158 valence electrons. The van der Waals surface area contributed by atoms with Crippen molar-refractivity contribution in [3.8, 4) is 5.95 Å². The highest BCUT2D eigenvalue weighted by molar-refractivity contribution is 7.89. The van der Waals surface area contributed by atoms with Crippen LogP contribution < -0.4 is 5.32 Å². The lowest BCUT2D eigenvalue weighted by Gasteiger charge is -2.17. The Labute approximate surface area is 175 Å². The van der Waals surface area contributed by atoms with Gasteiger partial charge in [-0.25, -0.2) is 18.4 Å². The molecule has 1 amide bonds. The molecule has 9 nitrogen and oxygen atoms in total. The van der Waals surface area contributed by atoms with Crippen LogP contribution in [0.4, 0.5) is 5.82 Å². The third-order valence-electron chi connectivity index (χ3n) is 4.30. The van der Waals surface area contributed by atoms with Crippen molar-refractivity contribution >= 4 is 21.7 Å². The summed E-state index contributed by atoms with van der Waals surface area (Å²) in [6.07, 6.45) is 3.15. The maximum atomic E-state index is 12.7. The first-order chi connectivity index (χ1) is 14.1. The Morgan fingerprint density at radius 3 is 2.33 bits per heavy atom. The molecule has 0 aliphatic rings. The molecule has 0 saturated heterocycles. The molecule has 30 heavy (non-hydrogen) atoms. The quantitative estimate of drug-likeness (QED) is 0.645. The molecule has 0 unspecified atom stereocenters. The van der Waals surface area contributed by atoms with Crippen molar-refractivity contribution in [2.45, 2.75) is 31.1 Å². The zero-order valence-electron chi connectivity index (χ0n) is 17.3. The maximum absolute atomic E-state index is 12.7. The van der Waals surface area contributed by atoms with Gasteiger partial charge in [-0.05, 0) is 18.2 Å². The topological polar surface area (TPSA) is 110 Å². The predicted molar refractivity (Wildman–Crippen MR) is 113 cm³/mol. The van der Waals surface area contributed by atoms with Gasteiger partial charge >= 0.3 is 0 Å². The first-order valence-corrected chi connectivity index (χ1v) is 10.7. The highest BCUT2D eigenvalue weighted by atomic mass is 32.2. The summed E-state index contributed by atoms with van der Waals surface area (Å²) in [4.78, 5) is 21.1. The fraction of sp³-hybridized carbons (Fsp3) is 0.300. The van der Waals surface area contributed by atoms with Crippen molar-refractivity contribution in [3.05, 3.63) is 60.6 Å². The minimum atomic E-state index is -3.78. The van der Waals surface area contributed by atoms with Gasteiger partial charge in [0.25, 0.3) is 5.95 Å². The molecule has 1 aromatic carbocycles. The number of amides is 1. The van der Waals surface area contributed by atoms with Crippen LogP contribution in [0.5, 0.6) is 0 Å². The predicted octanol–water partition coefficient (Wildman–Crippen LogP) is 2.22. The van der Waals surface area contributed by atoms with Crippen LogP contribution in [0.25, 0.3) is 5.95 Å². The van der Waals surface area contributed by atoms with Crippen LogP contribution in [0.2, 0.25) is 0 Å². The van der Waals surface area contributed by atoms with Crippen molar-refractivity contribution in [3.63, 3.8) is 0 Å². The number of carbonyl (C=O) groups excluding carboxylic acids is 1. The normalized spacial score (nSPS) is 12.2. The molecule has 0 aliphatic heterocycles. The average molecular weight is 429 g/mol. The Morgan fingerprint density at radius 2 is 1.73 bits per heavy atom. The molecular weight excluding hydrogens is 404 g/mol. The van der Waals surface area contributed by atoms with Crippen molar-refractivity contribution in [2.24, 2.45) is 0 Å². The maximum Gasteiger partial charge on any atom is 0.252 e. The number of hydrogen-bond donors (Lipinski definition) is 1. The van der Waals surface area contributed by atoms with E-state index in [1.807, 2.05) is 20.8 Å². The van der Waals surface area contributed by atoms with E-state index >= 15 is 0 Å². The third-order valence-corrected chi connectivity index (χ3v) is 6.12. The molecule has 3 rings (SSSR count). The summed E-state index contributed by atoms with van der Waals surface area (Å²) in [5.74, 6) is 0.157. The van der Waals surface area contributed by atoms with Crippen molar-refractivity contribution in [2.75, 3.05) is 18.9 Å². The van der Waals surface area contributed by atoms with E-state index in [-0.39, 0.29) is 16.9 Å². The zero-order chi connectivity index (χ0) is 21.9. The largest absolute Gasteiger partial charge is 0.309 e. The molecule has 10 heteroatoms. The van der Waals surface area contributed by atoms with Gasteiger partial charge in [0, 0.05) is 30.9 Å². The van der Waals surface area contributed by atoms with Gasteiger partial charge in [0.15, 0.2) is 0 Å². The fourth-order valence-corrected chi connectivity index (χ4v) is 3.78. The first kappa shape index (κ1) is 21.6. The highest BCUT2D eigenvalue weighted by Crippen LogP contribution is 2.25. The first-order valence-electron chi connectivity index (χ1n) is 9.28. The second kappa shape index (κ2) is 8.33. The van der Waals surface area contributed by atoms with Crippen LogP contribution in [0, 0.1) is 0 Å². The lowest BCUT2D eigenvalue weighted by atomic mass is 9.92. The Hall–Kier alpha value is -3.11. The summed E-state index contributed by atoms with van der Waals surface area (Å²) >= 11 is 0. The minimum Gasteiger partial charge on any atom is -0.309 e. The van der Waals surface area contributed by atoms with Crippen LogP contribution in [0.1, 0.15) is 26.5 Å². The fourth-order valence-electron chi connectivity index (χ4n) is 2.63. The molecule has 0 saturated carbocycles. The number of likely N-dealkylation sites (N-methyl/N-ethyl adjacent to an activating group) is 1. The third kappa shape index (κ3) is 4.71. The van der Waals surface area contributed by atoms with Gasteiger partial charge in [-0.2, -0.15) is 14.1 Å². The van der Waals surface area contributed by atoms with Crippen LogP contribution in [-0.2, 0) is 20.2 Å². The van der Waals surface area contributed by atoms with Crippen LogP contribution in [0.15, 0.2) is 59.8 Å². The number of sulfonamides is 1. The van der Waals surface area contributed by atoms with E-state index in [4.69, 9.17) is 0 Å². The molecule has 2 heterocycles. The van der Waals surface area contributed by atoms with Gasteiger partial charge in [0.1, 0.15) is 5.82 Å². The van der Waals surface area contributed by atoms with Gasteiger partial charge < -0.3 is 5.32 Å².